The third kappa shape index (κ3) is 7.77. The molecule has 2 heteroatoms. The molecule has 0 aromatic heterocycles. The monoisotopic (exact) mass is 238 g/mol. The van der Waals surface area contributed by atoms with Crippen molar-refractivity contribution in [3.8, 4) is 0 Å². The quantitative estimate of drug-likeness (QED) is 0.417. The number of nitrogens with zero attached hydrogens (tertiary/aromatic N) is 2. The van der Waals surface area contributed by atoms with Crippen molar-refractivity contribution in [1.82, 2.24) is 0 Å². The fourth-order valence-corrected chi connectivity index (χ4v) is 0.935. The average molecular weight is 238 g/mol. The van der Waals surface area contributed by atoms with Crippen LogP contribution in [-0.2, 0) is 0 Å². The molecule has 0 saturated carbocycles. The normalized spacial score (nSPS) is 13.3. The Hall–Kier alpha value is -2.48. The van der Waals surface area contributed by atoms with E-state index in [1.54, 1.807) is 60.8 Å². The van der Waals surface area contributed by atoms with Gasteiger partial charge in [-0.3, -0.25) is 0 Å². The van der Waals surface area contributed by atoms with Gasteiger partial charge >= 0.3 is 0 Å². The van der Waals surface area contributed by atoms with Crippen LogP contribution >= 0.6 is 0 Å². The Kier molecular flexibility index (Phi) is 9.50. The predicted molar refractivity (Wildman–Crippen MR) is 80.1 cm³/mol. The van der Waals surface area contributed by atoms with Gasteiger partial charge in [-0.15, -0.1) is 0 Å². The first-order chi connectivity index (χ1) is 8.78. The third-order valence-corrected chi connectivity index (χ3v) is 1.66. The first-order valence-electron chi connectivity index (χ1n) is 5.43. The molecule has 0 aliphatic heterocycles. The molecule has 0 aromatic rings. The molecule has 0 saturated heterocycles. The van der Waals surface area contributed by atoms with E-state index in [0.717, 1.165) is 0 Å². The van der Waals surface area contributed by atoms with Crippen molar-refractivity contribution in [3.05, 3.63) is 98.5 Å². The van der Waals surface area contributed by atoms with Gasteiger partial charge in [0.2, 0.25) is 0 Å². The zero-order chi connectivity index (χ0) is 13.6. The second-order valence-electron chi connectivity index (χ2n) is 3.04. The van der Waals surface area contributed by atoms with Crippen LogP contribution in [-0.4, -0.2) is 0 Å². The van der Waals surface area contributed by atoms with E-state index in [2.05, 4.69) is 36.5 Å². The van der Waals surface area contributed by atoms with E-state index in [1.807, 2.05) is 0 Å². The van der Waals surface area contributed by atoms with Gasteiger partial charge < -0.3 is 0 Å². The van der Waals surface area contributed by atoms with Gasteiger partial charge in [-0.25, -0.2) is 0 Å². The van der Waals surface area contributed by atoms with E-state index in [0.29, 0.717) is 11.4 Å². The van der Waals surface area contributed by atoms with Crippen molar-refractivity contribution < 1.29 is 0 Å². The molecule has 2 nitrogen and oxygen atoms in total. The maximum absolute atomic E-state index is 4.10. The van der Waals surface area contributed by atoms with Gasteiger partial charge in [0, 0.05) is 0 Å². The largest absolute Gasteiger partial charge is 0.151 e. The minimum atomic E-state index is 0.687. The summed E-state index contributed by atoms with van der Waals surface area (Å²) < 4.78 is 0. The van der Waals surface area contributed by atoms with Crippen molar-refractivity contribution >= 4 is 0 Å². The van der Waals surface area contributed by atoms with Crippen LogP contribution in [0.2, 0.25) is 0 Å². The van der Waals surface area contributed by atoms with Crippen LogP contribution in [0.25, 0.3) is 0 Å². The lowest BCUT2D eigenvalue weighted by molar-refractivity contribution is 1.12. The van der Waals surface area contributed by atoms with E-state index in [-0.39, 0.29) is 0 Å². The summed E-state index contributed by atoms with van der Waals surface area (Å²) in [6.45, 7) is 14.4. The van der Waals surface area contributed by atoms with Crippen LogP contribution in [0.1, 0.15) is 0 Å². The summed E-state index contributed by atoms with van der Waals surface area (Å²) >= 11 is 0. The minimum absolute atomic E-state index is 0.687. The molecule has 0 aliphatic rings. The summed E-state index contributed by atoms with van der Waals surface area (Å²) in [6, 6.07) is 0. The highest BCUT2D eigenvalue weighted by atomic mass is 15.1. The fourth-order valence-electron chi connectivity index (χ4n) is 0.935. The number of hydrogen-bond donors (Lipinski definition) is 0. The molecular formula is C16H18N2. The molecule has 0 spiro atoms. The van der Waals surface area contributed by atoms with Gasteiger partial charge in [0.15, 0.2) is 0 Å². The van der Waals surface area contributed by atoms with Gasteiger partial charge in [0.25, 0.3) is 0 Å². The van der Waals surface area contributed by atoms with Crippen molar-refractivity contribution in [3.63, 3.8) is 0 Å². The van der Waals surface area contributed by atoms with Gasteiger partial charge in [0.1, 0.15) is 0 Å². The molecule has 0 unspecified atom stereocenters. The lowest BCUT2D eigenvalue weighted by Crippen LogP contribution is -1.73. The number of hydrogen-bond acceptors (Lipinski definition) is 2. The zero-order valence-corrected chi connectivity index (χ0v) is 10.5. The third-order valence-electron chi connectivity index (χ3n) is 1.66. The van der Waals surface area contributed by atoms with Crippen LogP contribution in [0, 0.1) is 0 Å². The lowest BCUT2D eigenvalue weighted by atomic mass is 10.3. The van der Waals surface area contributed by atoms with Gasteiger partial charge in [-0.2, -0.15) is 10.2 Å². The van der Waals surface area contributed by atoms with Crippen molar-refractivity contribution in [2.24, 2.45) is 10.2 Å². The Morgan fingerprint density at radius 1 is 0.611 bits per heavy atom. The predicted octanol–water partition coefficient (Wildman–Crippen LogP) is 5.06. The molecule has 0 heterocycles. The highest BCUT2D eigenvalue weighted by Gasteiger charge is 1.88. The summed E-state index contributed by atoms with van der Waals surface area (Å²) in [5.74, 6) is 0. The molecule has 0 N–H and O–H groups in total. The van der Waals surface area contributed by atoms with Crippen molar-refractivity contribution in [2.75, 3.05) is 0 Å². The Bertz CT molecular complexity index is 402. The molecule has 18 heavy (non-hydrogen) atoms. The summed E-state index contributed by atoms with van der Waals surface area (Å²) in [5, 5.41) is 8.20. The molecule has 0 rings (SSSR count). The maximum atomic E-state index is 4.10. The Morgan fingerprint density at radius 2 is 1.00 bits per heavy atom. The van der Waals surface area contributed by atoms with Crippen molar-refractivity contribution in [2.45, 2.75) is 0 Å². The average Bonchev–Trinajstić information content (AvgIpc) is 2.38. The molecule has 0 bridgehead atoms. The molecule has 0 aromatic carbocycles. The van der Waals surface area contributed by atoms with E-state index < -0.39 is 0 Å². The SMILES string of the molecule is C=C/C=C\C(=C/C=C)N=NC(/C=C\C=C)=C/C=C. The standard InChI is InChI=1S/C16H18N2/c1-5-9-13-15(11-7-3)17-18-16(12-8-4)14-10-6-2/h5-14H,1-4H2/b13-9-,14-10-,15-11+,16-12+,18-17?. The van der Waals surface area contributed by atoms with Gasteiger partial charge in [-0.1, -0.05) is 62.8 Å². The minimum Gasteiger partial charge on any atom is -0.151 e. The highest BCUT2D eigenvalue weighted by molar-refractivity contribution is 5.26. The molecule has 0 atom stereocenters. The Morgan fingerprint density at radius 3 is 1.28 bits per heavy atom. The number of azo groups is 1. The zero-order valence-electron chi connectivity index (χ0n) is 10.5. The van der Waals surface area contributed by atoms with Crippen LogP contribution in [0.3, 0.4) is 0 Å². The molecule has 0 radical (unpaired) electrons. The lowest BCUT2D eigenvalue weighted by Gasteiger charge is -1.92. The topological polar surface area (TPSA) is 24.7 Å². The van der Waals surface area contributed by atoms with Crippen LogP contribution in [0.15, 0.2) is 109 Å². The molecular weight excluding hydrogens is 220 g/mol. The van der Waals surface area contributed by atoms with E-state index >= 15 is 0 Å². The maximum Gasteiger partial charge on any atom is 0.0856 e. The molecule has 0 amide bonds. The number of rotatable bonds is 8. The summed E-state index contributed by atoms with van der Waals surface area (Å²) in [6.07, 6.45) is 17.3. The van der Waals surface area contributed by atoms with Gasteiger partial charge in [-0.05, 0) is 24.3 Å². The first kappa shape index (κ1) is 15.5. The van der Waals surface area contributed by atoms with E-state index in [1.165, 1.54) is 0 Å². The highest BCUT2D eigenvalue weighted by Crippen LogP contribution is 2.07. The molecule has 0 aliphatic carbocycles. The second-order valence-corrected chi connectivity index (χ2v) is 3.04. The van der Waals surface area contributed by atoms with Crippen LogP contribution in [0.5, 0.6) is 0 Å². The first-order valence-corrected chi connectivity index (χ1v) is 5.43. The molecule has 0 fully saturated rings. The van der Waals surface area contributed by atoms with Crippen LogP contribution < -0.4 is 0 Å². The van der Waals surface area contributed by atoms with E-state index in [9.17, 15) is 0 Å². The summed E-state index contributed by atoms with van der Waals surface area (Å²) in [7, 11) is 0. The summed E-state index contributed by atoms with van der Waals surface area (Å²) in [4.78, 5) is 0. The summed E-state index contributed by atoms with van der Waals surface area (Å²) in [5.41, 5.74) is 1.37. The second kappa shape index (κ2) is 11.0. The Labute approximate surface area is 109 Å². The van der Waals surface area contributed by atoms with Crippen molar-refractivity contribution in [1.29, 1.82) is 0 Å². The van der Waals surface area contributed by atoms with E-state index in [4.69, 9.17) is 0 Å². The van der Waals surface area contributed by atoms with Gasteiger partial charge in [0.05, 0.1) is 11.4 Å². The number of allylic oxidation sites excluding steroid dienone is 10. The fraction of sp³-hybridized carbons (Fsp3) is 0. The molecule has 92 valence electrons. The Balaban J connectivity index is 5.03. The van der Waals surface area contributed by atoms with Crippen LogP contribution in [0.4, 0.5) is 0 Å². The smallest absolute Gasteiger partial charge is 0.0856 e.